The molecule has 172 valence electrons. The Labute approximate surface area is 188 Å². The van der Waals surface area contributed by atoms with Gasteiger partial charge in [0.15, 0.2) is 5.75 Å². The average Bonchev–Trinajstić information content (AvgIpc) is 2.79. The fraction of sp³-hybridized carbons (Fsp3) is 0.593. The minimum Gasteiger partial charge on any atom is -0.488 e. The third kappa shape index (κ3) is 10.2. The summed E-state index contributed by atoms with van der Waals surface area (Å²) in [6, 6.07) is 11.5. The number of ether oxygens (including phenoxy) is 1. The first-order valence-electron chi connectivity index (χ1n) is 12.3. The molecule has 0 saturated carbocycles. The van der Waals surface area contributed by atoms with Gasteiger partial charge in [-0.3, -0.25) is 4.79 Å². The highest BCUT2D eigenvalue weighted by molar-refractivity contribution is 5.24. The number of hydrogen-bond acceptors (Lipinski definition) is 3. The Morgan fingerprint density at radius 1 is 0.839 bits per heavy atom. The van der Waals surface area contributed by atoms with E-state index < -0.39 is 0 Å². The van der Waals surface area contributed by atoms with Crippen molar-refractivity contribution in [2.75, 3.05) is 6.61 Å². The summed E-state index contributed by atoms with van der Waals surface area (Å²) in [6.45, 7) is 3.27. The van der Waals surface area contributed by atoms with Crippen LogP contribution in [0.4, 0.5) is 0 Å². The van der Waals surface area contributed by atoms with Crippen molar-refractivity contribution in [1.82, 2.24) is 4.57 Å². The molecule has 4 heteroatoms. The maximum atomic E-state index is 12.3. The fourth-order valence-electron chi connectivity index (χ4n) is 3.89. The van der Waals surface area contributed by atoms with Crippen molar-refractivity contribution in [3.05, 3.63) is 64.1 Å². The quantitative estimate of drug-likeness (QED) is 0.294. The SMILES string of the molecule is CCCCCCCCCCCCCCOc1cn(Cc2ccccc2)c(CO)cc1=O. The molecule has 4 nitrogen and oxygen atoms in total. The summed E-state index contributed by atoms with van der Waals surface area (Å²) in [4.78, 5) is 12.3. The Kier molecular flexibility index (Phi) is 12.8. The van der Waals surface area contributed by atoms with Crippen LogP contribution in [0.25, 0.3) is 0 Å². The summed E-state index contributed by atoms with van der Waals surface area (Å²) in [7, 11) is 0. The van der Waals surface area contributed by atoms with Crippen molar-refractivity contribution < 1.29 is 9.84 Å². The second-order valence-corrected chi connectivity index (χ2v) is 8.50. The Morgan fingerprint density at radius 2 is 1.42 bits per heavy atom. The fourth-order valence-corrected chi connectivity index (χ4v) is 3.89. The molecule has 1 heterocycles. The lowest BCUT2D eigenvalue weighted by atomic mass is 10.1. The highest BCUT2D eigenvalue weighted by Crippen LogP contribution is 2.14. The molecule has 1 aromatic heterocycles. The topological polar surface area (TPSA) is 51.5 Å². The first kappa shape index (κ1) is 25.2. The van der Waals surface area contributed by atoms with E-state index in [2.05, 4.69) is 6.92 Å². The predicted molar refractivity (Wildman–Crippen MR) is 129 cm³/mol. The van der Waals surface area contributed by atoms with Crippen LogP contribution >= 0.6 is 0 Å². The first-order chi connectivity index (χ1) is 15.2. The molecule has 0 radical (unpaired) electrons. The van der Waals surface area contributed by atoms with Crippen LogP contribution in [0.5, 0.6) is 5.75 Å². The Bertz CT molecular complexity index is 770. The Hall–Kier alpha value is -2.07. The monoisotopic (exact) mass is 427 g/mol. The molecule has 1 aromatic carbocycles. The van der Waals surface area contributed by atoms with Crippen LogP contribution < -0.4 is 10.2 Å². The summed E-state index contributed by atoms with van der Waals surface area (Å²) in [5.41, 5.74) is 1.56. The number of aromatic nitrogens is 1. The summed E-state index contributed by atoms with van der Waals surface area (Å²) >= 11 is 0. The van der Waals surface area contributed by atoms with E-state index in [1.54, 1.807) is 6.20 Å². The number of aliphatic hydroxyl groups excluding tert-OH is 1. The van der Waals surface area contributed by atoms with Gasteiger partial charge in [-0.25, -0.2) is 0 Å². The molecule has 0 atom stereocenters. The van der Waals surface area contributed by atoms with Crippen molar-refractivity contribution in [1.29, 1.82) is 0 Å². The van der Waals surface area contributed by atoms with Gasteiger partial charge in [0.2, 0.25) is 5.43 Å². The molecule has 0 aliphatic carbocycles. The largest absolute Gasteiger partial charge is 0.488 e. The minimum atomic E-state index is -0.166. The molecule has 2 aromatic rings. The van der Waals surface area contributed by atoms with Gasteiger partial charge < -0.3 is 14.4 Å². The molecule has 0 saturated heterocycles. The smallest absolute Gasteiger partial charge is 0.223 e. The third-order valence-corrected chi connectivity index (χ3v) is 5.80. The molecule has 0 spiro atoms. The number of benzene rings is 1. The normalized spacial score (nSPS) is 11.0. The lowest BCUT2D eigenvalue weighted by Gasteiger charge is -2.14. The van der Waals surface area contributed by atoms with Crippen molar-refractivity contribution in [3.63, 3.8) is 0 Å². The second kappa shape index (κ2) is 15.7. The lowest BCUT2D eigenvalue weighted by molar-refractivity contribution is 0.267. The number of nitrogens with zero attached hydrogens (tertiary/aromatic N) is 1. The highest BCUT2D eigenvalue weighted by atomic mass is 16.5. The zero-order chi connectivity index (χ0) is 22.2. The van der Waals surface area contributed by atoms with E-state index in [0.29, 0.717) is 24.6 Å². The molecule has 0 fully saturated rings. The van der Waals surface area contributed by atoms with Gasteiger partial charge in [-0.15, -0.1) is 0 Å². The molecular weight excluding hydrogens is 386 g/mol. The van der Waals surface area contributed by atoms with Gasteiger partial charge in [0.1, 0.15) is 0 Å². The Balaban J connectivity index is 1.64. The van der Waals surface area contributed by atoms with E-state index in [0.717, 1.165) is 18.4 Å². The maximum Gasteiger partial charge on any atom is 0.223 e. The summed E-state index contributed by atoms with van der Waals surface area (Å²) in [5, 5.41) is 9.61. The van der Waals surface area contributed by atoms with Gasteiger partial charge in [0, 0.05) is 18.3 Å². The number of aliphatic hydroxyl groups is 1. The first-order valence-corrected chi connectivity index (χ1v) is 12.3. The predicted octanol–water partition coefficient (Wildman–Crippen LogP) is 6.47. The zero-order valence-electron chi connectivity index (χ0n) is 19.4. The standard InChI is InChI=1S/C27H41NO3/c1-2-3-4-5-6-7-8-9-10-11-12-16-19-31-27-22-28(25(23-29)20-26(27)30)21-24-17-14-13-15-18-24/h13-15,17-18,20,22,29H,2-12,16,19,21,23H2,1H3. The summed E-state index contributed by atoms with van der Waals surface area (Å²) in [5.74, 6) is 0.371. The van der Waals surface area contributed by atoms with Crippen molar-refractivity contribution in [3.8, 4) is 5.75 Å². The van der Waals surface area contributed by atoms with Gasteiger partial charge in [-0.05, 0) is 12.0 Å². The van der Waals surface area contributed by atoms with Gasteiger partial charge in [0.05, 0.1) is 19.4 Å². The molecule has 0 amide bonds. The van der Waals surface area contributed by atoms with Crippen LogP contribution in [-0.4, -0.2) is 16.3 Å². The van der Waals surface area contributed by atoms with Gasteiger partial charge in [0.25, 0.3) is 0 Å². The third-order valence-electron chi connectivity index (χ3n) is 5.80. The van der Waals surface area contributed by atoms with E-state index in [4.69, 9.17) is 4.74 Å². The second-order valence-electron chi connectivity index (χ2n) is 8.50. The van der Waals surface area contributed by atoms with Gasteiger partial charge in [-0.2, -0.15) is 0 Å². The van der Waals surface area contributed by atoms with Crippen LogP contribution in [0.2, 0.25) is 0 Å². The van der Waals surface area contributed by atoms with E-state index >= 15 is 0 Å². The zero-order valence-corrected chi connectivity index (χ0v) is 19.4. The van der Waals surface area contributed by atoms with Crippen LogP contribution in [-0.2, 0) is 13.2 Å². The van der Waals surface area contributed by atoms with Crippen LogP contribution in [0.3, 0.4) is 0 Å². The highest BCUT2D eigenvalue weighted by Gasteiger charge is 2.08. The number of pyridine rings is 1. The van der Waals surface area contributed by atoms with Gasteiger partial charge in [-0.1, -0.05) is 108 Å². The molecular formula is C27H41NO3. The van der Waals surface area contributed by atoms with Crippen LogP contribution in [0.1, 0.15) is 95.2 Å². The van der Waals surface area contributed by atoms with Crippen molar-refractivity contribution in [2.24, 2.45) is 0 Å². The average molecular weight is 428 g/mol. The van der Waals surface area contributed by atoms with Crippen LogP contribution in [0, 0.1) is 0 Å². The number of rotatable bonds is 17. The van der Waals surface area contributed by atoms with Crippen molar-refractivity contribution >= 4 is 0 Å². The minimum absolute atomic E-state index is 0.160. The molecule has 1 N–H and O–H groups in total. The van der Waals surface area contributed by atoms with E-state index in [1.807, 2.05) is 34.9 Å². The molecule has 0 aliphatic rings. The molecule has 2 rings (SSSR count). The summed E-state index contributed by atoms with van der Waals surface area (Å²) in [6.07, 6.45) is 17.4. The molecule has 0 aliphatic heterocycles. The van der Waals surface area contributed by atoms with E-state index in [-0.39, 0.29) is 12.0 Å². The van der Waals surface area contributed by atoms with Crippen molar-refractivity contribution in [2.45, 2.75) is 97.1 Å². The Morgan fingerprint density at radius 3 is 2.00 bits per heavy atom. The van der Waals surface area contributed by atoms with E-state index in [9.17, 15) is 9.90 Å². The molecule has 0 unspecified atom stereocenters. The van der Waals surface area contributed by atoms with Crippen LogP contribution in [0.15, 0.2) is 47.4 Å². The number of unbranched alkanes of at least 4 members (excludes halogenated alkanes) is 11. The van der Waals surface area contributed by atoms with E-state index in [1.165, 1.54) is 70.3 Å². The number of hydrogen-bond donors (Lipinski definition) is 1. The molecule has 31 heavy (non-hydrogen) atoms. The maximum absolute atomic E-state index is 12.3. The summed E-state index contributed by atoms with van der Waals surface area (Å²) < 4.78 is 7.69. The van der Waals surface area contributed by atoms with Gasteiger partial charge >= 0.3 is 0 Å². The lowest BCUT2D eigenvalue weighted by Crippen LogP contribution is -2.16. The molecule has 0 bridgehead atoms.